The molecule has 0 aliphatic rings. The summed E-state index contributed by atoms with van der Waals surface area (Å²) >= 11 is 6.38. The monoisotopic (exact) mass is 547 g/mol. The first-order valence-corrected chi connectivity index (χ1v) is 13.2. The molecule has 2 heterocycles. The van der Waals surface area contributed by atoms with E-state index in [1.54, 1.807) is 26.8 Å². The third-order valence-corrected chi connectivity index (χ3v) is 6.93. The number of halogens is 4. The maximum Gasteiger partial charge on any atom is 0.273 e. The molecule has 0 spiro atoms. The molecule has 1 aromatic carbocycles. The Bertz CT molecular complexity index is 1500. The molecule has 0 amide bonds. The highest BCUT2D eigenvalue weighted by Crippen LogP contribution is 2.27. The van der Waals surface area contributed by atoms with E-state index in [9.17, 15) is 13.4 Å². The van der Waals surface area contributed by atoms with E-state index in [0.717, 1.165) is 10.8 Å². The lowest BCUT2D eigenvalue weighted by atomic mass is 9.95. The van der Waals surface area contributed by atoms with E-state index in [2.05, 4.69) is 9.98 Å². The molecule has 194 valence electrons. The molecule has 37 heavy (non-hydrogen) atoms. The minimum absolute atomic E-state index is 0.0995. The van der Waals surface area contributed by atoms with Crippen LogP contribution in [0.15, 0.2) is 75.4 Å². The van der Waals surface area contributed by atoms with Gasteiger partial charge in [0.15, 0.2) is 5.83 Å². The second-order valence-electron chi connectivity index (χ2n) is 8.28. The number of aliphatic imine (C=N–C) groups is 1. The minimum Gasteiger partial charge on any atom is -0.284 e. The van der Waals surface area contributed by atoms with Gasteiger partial charge in [-0.05, 0) is 62.1 Å². The summed E-state index contributed by atoms with van der Waals surface area (Å²) in [7, 11) is -1.65. The summed E-state index contributed by atoms with van der Waals surface area (Å²) in [6, 6.07) is 8.50. The predicted molar refractivity (Wildman–Crippen MR) is 142 cm³/mol. The summed E-state index contributed by atoms with van der Waals surface area (Å²) in [5.74, 6) is -2.70. The first-order valence-electron chi connectivity index (χ1n) is 11.3. The zero-order valence-electron chi connectivity index (χ0n) is 20.6. The van der Waals surface area contributed by atoms with Gasteiger partial charge in [0.25, 0.3) is 5.56 Å². The van der Waals surface area contributed by atoms with E-state index >= 15 is 8.78 Å². The van der Waals surface area contributed by atoms with Crippen LogP contribution in [0.1, 0.15) is 42.3 Å². The fraction of sp³-hybridized carbons (Fsp3) is 0.222. The molecule has 0 radical (unpaired) electrons. The van der Waals surface area contributed by atoms with Crippen LogP contribution in [-0.2, 0) is 17.2 Å². The normalized spacial score (nSPS) is 14.3. The molecule has 3 rings (SSSR count). The van der Waals surface area contributed by atoms with Gasteiger partial charge in [0, 0.05) is 29.9 Å². The average molecular weight is 548 g/mol. The highest BCUT2D eigenvalue weighted by Gasteiger charge is 2.21. The summed E-state index contributed by atoms with van der Waals surface area (Å²) in [6.45, 7) is 5.02. The third kappa shape index (κ3) is 6.34. The Hall–Kier alpha value is -3.30. The van der Waals surface area contributed by atoms with Crippen LogP contribution in [0.3, 0.4) is 0 Å². The number of allylic oxidation sites excluding steroid dienone is 2. The molecule has 0 saturated carbocycles. The Morgan fingerprint density at radius 3 is 2.65 bits per heavy atom. The Morgan fingerprint density at radius 2 is 2.00 bits per heavy atom. The van der Waals surface area contributed by atoms with Crippen LogP contribution in [-0.4, -0.2) is 25.7 Å². The fourth-order valence-electron chi connectivity index (χ4n) is 3.73. The first kappa shape index (κ1) is 28.3. The zero-order chi connectivity index (χ0) is 27.3. The van der Waals surface area contributed by atoms with Crippen molar-refractivity contribution in [3.8, 4) is 0 Å². The number of pyridine rings is 2. The average Bonchev–Trinajstić information content (AvgIpc) is 2.86. The summed E-state index contributed by atoms with van der Waals surface area (Å²) in [5, 5.41) is -0.153. The van der Waals surface area contributed by atoms with E-state index in [1.807, 2.05) is 0 Å². The Labute approximate surface area is 220 Å². The topological polar surface area (TPSA) is 64.3 Å². The number of hydrogen-bond acceptors (Lipinski definition) is 4. The van der Waals surface area contributed by atoms with E-state index in [1.165, 1.54) is 55.1 Å². The number of rotatable bonds is 8. The van der Waals surface area contributed by atoms with Crippen molar-refractivity contribution in [1.82, 2.24) is 9.55 Å². The van der Waals surface area contributed by atoms with Gasteiger partial charge in [-0.15, -0.1) is 0 Å². The van der Waals surface area contributed by atoms with Crippen molar-refractivity contribution in [3.05, 3.63) is 110 Å². The van der Waals surface area contributed by atoms with Crippen LogP contribution in [0.5, 0.6) is 0 Å². The van der Waals surface area contributed by atoms with Gasteiger partial charge in [0.1, 0.15) is 22.4 Å². The van der Waals surface area contributed by atoms with Crippen molar-refractivity contribution in [2.75, 3.05) is 6.26 Å². The lowest BCUT2D eigenvalue weighted by molar-refractivity contribution is 0.584. The molecular formula is C27H25ClF3N3O2S. The number of aromatic nitrogens is 2. The molecule has 0 N–H and O–H groups in total. The van der Waals surface area contributed by atoms with Gasteiger partial charge in [-0.2, -0.15) is 0 Å². The van der Waals surface area contributed by atoms with Crippen LogP contribution >= 0.6 is 11.6 Å². The second kappa shape index (κ2) is 12.3. The predicted octanol–water partition coefficient (Wildman–Crippen LogP) is 6.36. The largest absolute Gasteiger partial charge is 0.284 e. The molecule has 3 aromatic rings. The molecular weight excluding hydrogens is 523 g/mol. The van der Waals surface area contributed by atoms with Crippen molar-refractivity contribution >= 4 is 34.3 Å². The van der Waals surface area contributed by atoms with Gasteiger partial charge >= 0.3 is 0 Å². The number of nitrogens with zero attached hydrogens (tertiary/aromatic N) is 3. The number of benzene rings is 1. The van der Waals surface area contributed by atoms with Gasteiger partial charge in [0.2, 0.25) is 0 Å². The lowest BCUT2D eigenvalue weighted by Gasteiger charge is -2.16. The van der Waals surface area contributed by atoms with Crippen molar-refractivity contribution in [3.63, 3.8) is 0 Å². The highest BCUT2D eigenvalue weighted by molar-refractivity contribution is 7.84. The highest BCUT2D eigenvalue weighted by atomic mass is 35.5. The molecule has 2 atom stereocenters. The minimum atomic E-state index is -1.65. The number of aryl methyl sites for hydroxylation is 1. The van der Waals surface area contributed by atoms with Gasteiger partial charge in [-0.3, -0.25) is 23.5 Å². The maximum atomic E-state index is 15.6. The molecule has 2 unspecified atom stereocenters. The van der Waals surface area contributed by atoms with Crippen LogP contribution < -0.4 is 5.56 Å². The zero-order valence-corrected chi connectivity index (χ0v) is 22.2. The quantitative estimate of drug-likeness (QED) is 0.308. The Morgan fingerprint density at radius 1 is 1.27 bits per heavy atom. The van der Waals surface area contributed by atoms with Crippen LogP contribution in [0.4, 0.5) is 13.2 Å². The van der Waals surface area contributed by atoms with Crippen LogP contribution in [0.25, 0.3) is 6.20 Å². The van der Waals surface area contributed by atoms with Crippen LogP contribution in [0.2, 0.25) is 5.02 Å². The van der Waals surface area contributed by atoms with Crippen LogP contribution in [0, 0.1) is 18.6 Å². The summed E-state index contributed by atoms with van der Waals surface area (Å²) in [4.78, 5) is 21.1. The van der Waals surface area contributed by atoms with Crippen molar-refractivity contribution < 1.29 is 17.4 Å². The standard InChI is InChI=1S/C27H25ClF3N3O2S/c1-5-11-33-26(18-8-6-10-23(25(18)31)37(4)36)21(30)15-34-17(3)14-19(24(28)27(34)35)16(2)13-22-20(29)9-7-12-32-22/h5-12,14-16H,13H2,1-4H3/b11-5+,21-15-,33-26+. The molecule has 0 fully saturated rings. The van der Waals surface area contributed by atoms with E-state index in [0.29, 0.717) is 11.3 Å². The lowest BCUT2D eigenvalue weighted by Crippen LogP contribution is -2.22. The fourth-order valence-corrected chi connectivity index (χ4v) is 4.70. The van der Waals surface area contributed by atoms with Crippen molar-refractivity contribution in [2.24, 2.45) is 4.99 Å². The van der Waals surface area contributed by atoms with E-state index < -0.39 is 33.8 Å². The molecule has 0 aliphatic heterocycles. The summed E-state index contributed by atoms with van der Waals surface area (Å²) in [5.41, 5.74) is -0.240. The second-order valence-corrected chi connectivity index (χ2v) is 10.0. The van der Waals surface area contributed by atoms with Gasteiger partial charge in [-0.1, -0.05) is 30.7 Å². The molecule has 5 nitrogen and oxygen atoms in total. The third-order valence-electron chi connectivity index (χ3n) is 5.62. The Kier molecular flexibility index (Phi) is 9.39. The number of hydrogen-bond donors (Lipinski definition) is 0. The van der Waals surface area contributed by atoms with Gasteiger partial charge in [0.05, 0.1) is 27.6 Å². The summed E-state index contributed by atoms with van der Waals surface area (Å²) in [6.07, 6.45) is 6.69. The van der Waals surface area contributed by atoms with E-state index in [-0.39, 0.29) is 39.2 Å². The maximum absolute atomic E-state index is 15.6. The van der Waals surface area contributed by atoms with E-state index in [4.69, 9.17) is 11.6 Å². The summed E-state index contributed by atoms with van der Waals surface area (Å²) < 4.78 is 57.6. The van der Waals surface area contributed by atoms with Gasteiger partial charge < -0.3 is 0 Å². The molecule has 0 aliphatic carbocycles. The smallest absolute Gasteiger partial charge is 0.273 e. The van der Waals surface area contributed by atoms with Crippen molar-refractivity contribution in [2.45, 2.75) is 38.0 Å². The SMILES string of the molecule is C/C=C/N=C(/C(F)=C/n1c(C)cc(C(C)Cc2ncccc2F)c(Cl)c1=O)c1cccc(S(C)=O)c1F. The van der Waals surface area contributed by atoms with Gasteiger partial charge in [-0.25, -0.2) is 13.2 Å². The van der Waals surface area contributed by atoms with Crippen molar-refractivity contribution in [1.29, 1.82) is 0 Å². The molecule has 2 aromatic heterocycles. The first-order chi connectivity index (χ1) is 17.6. The molecule has 0 saturated heterocycles. The Balaban J connectivity index is 2.07. The molecule has 10 heteroatoms. The molecule has 0 bridgehead atoms.